The molecule has 0 saturated carbocycles. The highest BCUT2D eigenvalue weighted by Gasteiger charge is 2.16. The predicted molar refractivity (Wildman–Crippen MR) is 204 cm³/mol. The van der Waals surface area contributed by atoms with Crippen molar-refractivity contribution in [3.05, 3.63) is 201 Å². The van der Waals surface area contributed by atoms with Crippen LogP contribution in [0.25, 0.3) is 11.1 Å². The van der Waals surface area contributed by atoms with Crippen LogP contribution in [-0.2, 0) is 18.0 Å². The van der Waals surface area contributed by atoms with Crippen LogP contribution < -0.4 is 0 Å². The molecule has 6 nitrogen and oxygen atoms in total. The van der Waals surface area contributed by atoms with Crippen molar-refractivity contribution in [2.24, 2.45) is 5.16 Å². The Balaban J connectivity index is 0.000000173. The van der Waals surface area contributed by atoms with Gasteiger partial charge in [0.05, 0.1) is 30.3 Å². The van der Waals surface area contributed by atoms with E-state index in [1.54, 1.807) is 48.9 Å². The van der Waals surface area contributed by atoms with Crippen LogP contribution in [0.2, 0.25) is 20.1 Å². The number of oxime groups is 1. The standard InChI is InChI=1S/C22H18N2.C18H13Cl4N3O/c1-3-7-18(8-4-1)19-11-13-21(14-12-19)22(24-16-15-23-17-24)20-9-5-2-6-10-20;19-13-2-1-12(16(21)7-13)10-26-24-18(9-25-6-5-23-11-25)15-4-3-14(20)8-17(15)22/h1-17,22H;1-8,11H,9-10H2/b;24-18-. The van der Waals surface area contributed by atoms with Crippen molar-refractivity contribution < 1.29 is 4.84 Å². The van der Waals surface area contributed by atoms with Gasteiger partial charge in [-0.1, -0.05) is 143 Å². The van der Waals surface area contributed by atoms with E-state index in [-0.39, 0.29) is 12.6 Å². The van der Waals surface area contributed by atoms with E-state index in [9.17, 15) is 0 Å². The highest BCUT2D eigenvalue weighted by Crippen LogP contribution is 2.29. The summed E-state index contributed by atoms with van der Waals surface area (Å²) in [5, 5.41) is 6.40. The summed E-state index contributed by atoms with van der Waals surface area (Å²) in [6.07, 6.45) is 10.9. The first-order valence-corrected chi connectivity index (χ1v) is 17.2. The van der Waals surface area contributed by atoms with Crippen LogP contribution in [-0.4, -0.2) is 24.8 Å². The van der Waals surface area contributed by atoms with Crippen molar-refractivity contribution in [2.75, 3.05) is 0 Å². The van der Waals surface area contributed by atoms with Crippen LogP contribution in [0.5, 0.6) is 0 Å². The number of hydrogen-bond donors (Lipinski definition) is 0. The fourth-order valence-corrected chi connectivity index (χ4v) is 6.32. The number of rotatable bonds is 10. The Bertz CT molecular complexity index is 2120. The molecular formula is C40H31Cl4N5O. The van der Waals surface area contributed by atoms with Gasteiger partial charge in [0, 0.05) is 51.0 Å². The van der Waals surface area contributed by atoms with Crippen LogP contribution in [0.15, 0.2) is 164 Å². The molecule has 2 heterocycles. The molecule has 0 N–H and O–H groups in total. The molecule has 0 saturated heterocycles. The van der Waals surface area contributed by atoms with Gasteiger partial charge in [-0.2, -0.15) is 0 Å². The molecule has 1 unspecified atom stereocenters. The van der Waals surface area contributed by atoms with Gasteiger partial charge in [0.25, 0.3) is 0 Å². The lowest BCUT2D eigenvalue weighted by molar-refractivity contribution is 0.130. The molecule has 0 bridgehead atoms. The number of hydrogen-bond acceptors (Lipinski definition) is 4. The zero-order chi connectivity index (χ0) is 34.7. The Labute approximate surface area is 311 Å². The van der Waals surface area contributed by atoms with Gasteiger partial charge >= 0.3 is 0 Å². The third-order valence-electron chi connectivity index (χ3n) is 7.82. The SMILES string of the molecule is Clc1ccc(CO/N=C(/Cn2ccnc2)c2ccc(Cl)cc2Cl)c(Cl)c1.c1ccc(-c2ccc(C(c3ccccc3)n3ccnc3)cc2)cc1. The molecule has 7 aromatic rings. The summed E-state index contributed by atoms with van der Waals surface area (Å²) < 4.78 is 4.01. The maximum Gasteiger partial charge on any atom is 0.143 e. The van der Waals surface area contributed by atoms with Gasteiger partial charge in [-0.05, 0) is 52.6 Å². The number of aromatic nitrogens is 4. The van der Waals surface area contributed by atoms with Crippen molar-refractivity contribution in [2.45, 2.75) is 19.2 Å². The van der Waals surface area contributed by atoms with E-state index in [2.05, 4.69) is 92.5 Å². The summed E-state index contributed by atoms with van der Waals surface area (Å²) in [5.41, 5.74) is 7.12. The second-order valence-electron chi connectivity index (χ2n) is 11.2. The zero-order valence-corrected chi connectivity index (χ0v) is 29.7. The molecule has 0 aliphatic rings. The van der Waals surface area contributed by atoms with Crippen LogP contribution >= 0.6 is 46.4 Å². The first-order valence-electron chi connectivity index (χ1n) is 15.7. The van der Waals surface area contributed by atoms with E-state index in [4.69, 9.17) is 51.2 Å². The Hall–Kier alpha value is -4.85. The summed E-state index contributed by atoms with van der Waals surface area (Å²) >= 11 is 24.4. The molecule has 0 amide bonds. The zero-order valence-electron chi connectivity index (χ0n) is 26.7. The lowest BCUT2D eigenvalue weighted by Gasteiger charge is -2.20. The first kappa shape index (κ1) is 35.0. The Kier molecular flexibility index (Phi) is 12.0. The highest BCUT2D eigenvalue weighted by atomic mass is 35.5. The van der Waals surface area contributed by atoms with Gasteiger partial charge in [-0.15, -0.1) is 0 Å². The van der Waals surface area contributed by atoms with Gasteiger partial charge in [-0.25, -0.2) is 9.97 Å². The fraction of sp³-hybridized carbons (Fsp3) is 0.0750. The predicted octanol–water partition coefficient (Wildman–Crippen LogP) is 11.3. The van der Waals surface area contributed by atoms with E-state index >= 15 is 0 Å². The third kappa shape index (κ3) is 9.23. The molecule has 250 valence electrons. The van der Waals surface area contributed by atoms with Crippen molar-refractivity contribution >= 4 is 52.1 Å². The van der Waals surface area contributed by atoms with Gasteiger partial charge in [0.15, 0.2) is 0 Å². The van der Waals surface area contributed by atoms with E-state index in [1.807, 2.05) is 41.6 Å². The Morgan fingerprint density at radius 3 is 1.90 bits per heavy atom. The monoisotopic (exact) mass is 737 g/mol. The number of imidazole rings is 2. The van der Waals surface area contributed by atoms with Gasteiger partial charge < -0.3 is 14.0 Å². The molecule has 0 aliphatic heterocycles. The van der Waals surface area contributed by atoms with Gasteiger partial charge in [0.2, 0.25) is 0 Å². The molecule has 0 radical (unpaired) electrons. The summed E-state index contributed by atoms with van der Waals surface area (Å²) in [5.74, 6) is 0. The number of nitrogens with zero attached hydrogens (tertiary/aromatic N) is 5. The second kappa shape index (κ2) is 17.2. The van der Waals surface area contributed by atoms with Crippen LogP contribution in [0.1, 0.15) is 28.3 Å². The minimum Gasteiger partial charge on any atom is -0.391 e. The average molecular weight is 740 g/mol. The molecule has 5 aromatic carbocycles. The van der Waals surface area contributed by atoms with Crippen LogP contribution in [0.3, 0.4) is 0 Å². The molecule has 1 atom stereocenters. The second-order valence-corrected chi connectivity index (χ2v) is 12.9. The fourth-order valence-electron chi connectivity index (χ4n) is 5.34. The average Bonchev–Trinajstić information content (AvgIpc) is 3.86. The number of benzene rings is 5. The molecular weight excluding hydrogens is 708 g/mol. The largest absolute Gasteiger partial charge is 0.391 e. The highest BCUT2D eigenvalue weighted by molar-refractivity contribution is 6.37. The van der Waals surface area contributed by atoms with E-state index in [1.165, 1.54) is 22.3 Å². The summed E-state index contributed by atoms with van der Waals surface area (Å²) in [4.78, 5) is 13.8. The Morgan fingerprint density at radius 1 is 0.640 bits per heavy atom. The minimum atomic E-state index is 0.138. The summed E-state index contributed by atoms with van der Waals surface area (Å²) in [7, 11) is 0. The van der Waals surface area contributed by atoms with Crippen LogP contribution in [0.4, 0.5) is 0 Å². The smallest absolute Gasteiger partial charge is 0.143 e. The third-order valence-corrected chi connectivity index (χ3v) is 8.95. The number of halogens is 4. The molecule has 50 heavy (non-hydrogen) atoms. The topological polar surface area (TPSA) is 57.2 Å². The van der Waals surface area contributed by atoms with Gasteiger partial charge in [0.1, 0.15) is 12.3 Å². The lowest BCUT2D eigenvalue weighted by atomic mass is 9.96. The maximum absolute atomic E-state index is 6.32. The first-order chi connectivity index (χ1) is 24.4. The van der Waals surface area contributed by atoms with E-state index in [0.29, 0.717) is 32.3 Å². The molecule has 0 aliphatic carbocycles. The normalized spacial score (nSPS) is 11.8. The Morgan fingerprint density at radius 2 is 1.26 bits per heavy atom. The van der Waals surface area contributed by atoms with Crippen molar-refractivity contribution in [1.29, 1.82) is 0 Å². The van der Waals surface area contributed by atoms with Gasteiger partial charge in [-0.3, -0.25) is 0 Å². The lowest BCUT2D eigenvalue weighted by Crippen LogP contribution is -2.12. The van der Waals surface area contributed by atoms with Crippen molar-refractivity contribution in [3.63, 3.8) is 0 Å². The molecule has 2 aromatic heterocycles. The summed E-state index contributed by atoms with van der Waals surface area (Å²) in [6, 6.07) is 40.4. The van der Waals surface area contributed by atoms with Crippen molar-refractivity contribution in [1.82, 2.24) is 19.1 Å². The quantitative estimate of drug-likeness (QED) is 0.104. The van der Waals surface area contributed by atoms with Crippen LogP contribution in [0, 0.1) is 0 Å². The molecule has 0 spiro atoms. The molecule has 10 heteroatoms. The minimum absolute atomic E-state index is 0.138. The van der Waals surface area contributed by atoms with E-state index in [0.717, 1.165) is 11.1 Å². The van der Waals surface area contributed by atoms with Crippen molar-refractivity contribution in [3.8, 4) is 11.1 Å². The van der Waals surface area contributed by atoms with E-state index < -0.39 is 0 Å². The summed E-state index contributed by atoms with van der Waals surface area (Å²) in [6.45, 7) is 0.643. The molecule has 0 fully saturated rings. The maximum atomic E-state index is 6.32. The molecule has 7 rings (SSSR count).